The molecule has 0 atom stereocenters. The van der Waals surface area contributed by atoms with Gasteiger partial charge in [-0.05, 0) is 39.1 Å². The van der Waals surface area contributed by atoms with Crippen molar-refractivity contribution < 1.29 is 17.7 Å². The van der Waals surface area contributed by atoms with Crippen LogP contribution in [0.4, 0.5) is 5.88 Å². The summed E-state index contributed by atoms with van der Waals surface area (Å²) in [5.74, 6) is -0.491. The molecule has 9 heteroatoms. The molecule has 0 aliphatic rings. The molecule has 0 aliphatic carbocycles. The third-order valence-corrected chi connectivity index (χ3v) is 6.39. The number of hydrogen-bond acceptors (Lipinski definition) is 6. The van der Waals surface area contributed by atoms with Gasteiger partial charge in [0, 0.05) is 0 Å². The molecule has 0 amide bonds. The number of ketones is 1. The maximum atomic E-state index is 12.1. The van der Waals surface area contributed by atoms with E-state index in [9.17, 15) is 13.2 Å². The lowest BCUT2D eigenvalue weighted by Gasteiger charge is -2.04. The Kier molecular flexibility index (Phi) is 6.80. The predicted octanol–water partition coefficient (Wildman–Crippen LogP) is 5.00. The van der Waals surface area contributed by atoms with Crippen LogP contribution in [0, 0.1) is 20.8 Å². The zero-order valence-corrected chi connectivity index (χ0v) is 17.6. The van der Waals surface area contributed by atoms with E-state index in [1.807, 2.05) is 0 Å². The first-order chi connectivity index (χ1) is 12.6. The van der Waals surface area contributed by atoms with Crippen molar-refractivity contribution >= 4 is 44.6 Å². The first-order valence-electron chi connectivity index (χ1n) is 7.88. The van der Waals surface area contributed by atoms with Crippen LogP contribution < -0.4 is 4.72 Å². The Morgan fingerprint density at radius 1 is 1.19 bits per heavy atom. The number of rotatable bonds is 4. The van der Waals surface area contributed by atoms with E-state index in [-0.39, 0.29) is 26.5 Å². The van der Waals surface area contributed by atoms with E-state index >= 15 is 0 Å². The van der Waals surface area contributed by atoms with Crippen LogP contribution >= 0.6 is 22.9 Å². The van der Waals surface area contributed by atoms with E-state index < -0.39 is 10.0 Å². The molecule has 3 aromatic rings. The first-order valence-corrected chi connectivity index (χ1v) is 10.6. The number of carbonyl (C=O) groups excluding carboxylic acids is 1. The third kappa shape index (κ3) is 5.41. The van der Waals surface area contributed by atoms with E-state index in [0.717, 1.165) is 11.3 Å². The second-order valence-electron chi connectivity index (χ2n) is 5.84. The SMILES string of the molecule is CC(=O)c1sccc1S(=O)(=O)Nc1onc(C)c1Cl.Cc1cccc(C)c1. The van der Waals surface area contributed by atoms with Crippen molar-refractivity contribution in [2.45, 2.75) is 32.6 Å². The molecule has 0 saturated heterocycles. The van der Waals surface area contributed by atoms with Crippen molar-refractivity contribution in [1.29, 1.82) is 0 Å². The molecule has 0 aliphatic heterocycles. The van der Waals surface area contributed by atoms with E-state index in [2.05, 4.69) is 48.0 Å². The van der Waals surface area contributed by atoms with Gasteiger partial charge in [0.25, 0.3) is 15.9 Å². The Bertz CT molecular complexity index is 1040. The molecule has 27 heavy (non-hydrogen) atoms. The van der Waals surface area contributed by atoms with Gasteiger partial charge in [-0.3, -0.25) is 4.79 Å². The van der Waals surface area contributed by atoms with Crippen LogP contribution in [-0.2, 0) is 10.0 Å². The third-order valence-electron chi connectivity index (χ3n) is 3.43. The molecule has 1 N–H and O–H groups in total. The first kappa shape index (κ1) is 21.1. The molecule has 0 fully saturated rings. The van der Waals surface area contributed by atoms with Gasteiger partial charge >= 0.3 is 0 Å². The molecule has 2 heterocycles. The summed E-state index contributed by atoms with van der Waals surface area (Å²) in [5.41, 5.74) is 3.05. The molecule has 1 aromatic carbocycles. The van der Waals surface area contributed by atoms with Crippen molar-refractivity contribution in [2.24, 2.45) is 0 Å². The molecule has 0 bridgehead atoms. The summed E-state index contributed by atoms with van der Waals surface area (Å²) in [6.45, 7) is 7.09. The highest BCUT2D eigenvalue weighted by atomic mass is 35.5. The zero-order valence-electron chi connectivity index (χ0n) is 15.2. The molecule has 6 nitrogen and oxygen atoms in total. The Morgan fingerprint density at radius 3 is 2.26 bits per heavy atom. The Balaban J connectivity index is 0.000000273. The number of benzene rings is 1. The van der Waals surface area contributed by atoms with Crippen LogP contribution in [0.5, 0.6) is 0 Å². The molecule has 144 valence electrons. The summed E-state index contributed by atoms with van der Waals surface area (Å²) >= 11 is 6.89. The number of Topliss-reactive ketones (excluding diaryl/α,β-unsaturated/α-hetero) is 1. The maximum Gasteiger partial charge on any atom is 0.265 e. The van der Waals surface area contributed by atoms with Crippen molar-refractivity contribution in [3.8, 4) is 0 Å². The van der Waals surface area contributed by atoms with Crippen LogP contribution in [-0.4, -0.2) is 19.4 Å². The number of halogens is 1. The Hall–Kier alpha value is -2.16. The van der Waals surface area contributed by atoms with E-state index in [1.165, 1.54) is 29.5 Å². The van der Waals surface area contributed by atoms with Gasteiger partial charge in [0.1, 0.15) is 15.6 Å². The van der Waals surface area contributed by atoms with E-state index in [0.29, 0.717) is 5.69 Å². The van der Waals surface area contributed by atoms with Gasteiger partial charge in [0.05, 0.1) is 4.88 Å². The van der Waals surface area contributed by atoms with Crippen molar-refractivity contribution in [1.82, 2.24) is 5.16 Å². The summed E-state index contributed by atoms with van der Waals surface area (Å²) < 4.78 is 31.2. The van der Waals surface area contributed by atoms with Gasteiger partial charge in [-0.15, -0.1) is 11.3 Å². The quantitative estimate of drug-likeness (QED) is 0.592. The highest BCUT2D eigenvalue weighted by Gasteiger charge is 2.25. The second-order valence-corrected chi connectivity index (χ2v) is 8.79. The van der Waals surface area contributed by atoms with Crippen molar-refractivity contribution in [3.05, 3.63) is 62.4 Å². The van der Waals surface area contributed by atoms with Gasteiger partial charge in [0.15, 0.2) is 5.78 Å². The molecule has 0 unspecified atom stereocenters. The normalized spacial score (nSPS) is 10.9. The second kappa shape index (κ2) is 8.69. The number of hydrogen-bond donors (Lipinski definition) is 1. The number of anilines is 1. The van der Waals surface area contributed by atoms with Crippen LogP contribution in [0.3, 0.4) is 0 Å². The van der Waals surface area contributed by atoms with E-state index in [4.69, 9.17) is 16.1 Å². The minimum Gasteiger partial charge on any atom is -0.336 e. The minimum atomic E-state index is -3.93. The summed E-state index contributed by atoms with van der Waals surface area (Å²) in [7, 11) is -3.93. The van der Waals surface area contributed by atoms with Crippen molar-refractivity contribution in [2.75, 3.05) is 4.72 Å². The number of carbonyl (C=O) groups is 1. The zero-order chi connectivity index (χ0) is 20.2. The maximum absolute atomic E-state index is 12.1. The average molecular weight is 427 g/mol. The highest BCUT2D eigenvalue weighted by molar-refractivity contribution is 7.93. The number of thiophene rings is 1. The molecule has 3 rings (SSSR count). The lowest BCUT2D eigenvalue weighted by molar-refractivity contribution is 0.101. The fraction of sp³-hybridized carbons (Fsp3) is 0.222. The van der Waals surface area contributed by atoms with Crippen molar-refractivity contribution in [3.63, 3.8) is 0 Å². The average Bonchev–Trinajstić information content (AvgIpc) is 3.18. The molecule has 0 radical (unpaired) electrons. The monoisotopic (exact) mass is 426 g/mol. The van der Waals surface area contributed by atoms with Gasteiger partial charge in [0.2, 0.25) is 0 Å². The van der Waals surface area contributed by atoms with Gasteiger partial charge in [-0.1, -0.05) is 52.1 Å². The number of sulfonamides is 1. The number of aryl methyl sites for hydroxylation is 3. The standard InChI is InChI=1S/C10H9ClN2O4S2.C8H10/c1-5-8(11)10(17-12-5)13-19(15,16)7-3-4-18-9(7)6(2)14;1-7-4-3-5-8(2)6-7/h3-4,13H,1-2H3;3-6H,1-2H3. The lowest BCUT2D eigenvalue weighted by Crippen LogP contribution is -2.14. The summed E-state index contributed by atoms with van der Waals surface area (Å²) in [6, 6.07) is 9.80. The molecular formula is C18H19ClN2O4S2. The minimum absolute atomic E-state index is 0.0863. The fourth-order valence-corrected chi connectivity index (χ4v) is 4.72. The largest absolute Gasteiger partial charge is 0.336 e. The topological polar surface area (TPSA) is 89.3 Å². The fourth-order valence-electron chi connectivity index (χ4n) is 2.17. The molecule has 0 spiro atoms. The summed E-state index contributed by atoms with van der Waals surface area (Å²) in [4.78, 5) is 11.4. The van der Waals surface area contributed by atoms with Crippen LogP contribution in [0.15, 0.2) is 45.1 Å². The number of nitrogens with one attached hydrogen (secondary N) is 1. The molecule has 2 aromatic heterocycles. The van der Waals surface area contributed by atoms with Crippen LogP contribution in [0.1, 0.15) is 33.4 Å². The summed E-state index contributed by atoms with van der Waals surface area (Å²) in [6.07, 6.45) is 0. The van der Waals surface area contributed by atoms with Gasteiger partial charge < -0.3 is 4.52 Å². The number of aromatic nitrogens is 1. The molecular weight excluding hydrogens is 408 g/mol. The van der Waals surface area contributed by atoms with Crippen LogP contribution in [0.25, 0.3) is 0 Å². The lowest BCUT2D eigenvalue weighted by atomic mass is 10.2. The van der Waals surface area contributed by atoms with E-state index in [1.54, 1.807) is 6.92 Å². The highest BCUT2D eigenvalue weighted by Crippen LogP contribution is 2.29. The summed E-state index contributed by atoms with van der Waals surface area (Å²) in [5, 5.41) is 5.15. The van der Waals surface area contributed by atoms with Crippen LogP contribution in [0.2, 0.25) is 5.02 Å². The smallest absolute Gasteiger partial charge is 0.265 e. The Morgan fingerprint density at radius 2 is 1.81 bits per heavy atom. The van der Waals surface area contributed by atoms with Gasteiger partial charge in [-0.2, -0.15) is 0 Å². The van der Waals surface area contributed by atoms with Gasteiger partial charge in [-0.25, -0.2) is 13.1 Å². The molecule has 0 saturated carbocycles. The number of nitrogens with zero attached hydrogens (tertiary/aromatic N) is 1. The predicted molar refractivity (Wildman–Crippen MR) is 107 cm³/mol. The Labute approximate surface area is 167 Å².